The van der Waals surface area contributed by atoms with Crippen LogP contribution in [-0.4, -0.2) is 54.3 Å². The molecule has 0 aliphatic carbocycles. The summed E-state index contributed by atoms with van der Waals surface area (Å²) in [6.45, 7) is 8.00. The number of piperidine rings is 1. The molecule has 0 spiro atoms. The number of aromatic nitrogens is 2. The van der Waals surface area contributed by atoms with Crippen molar-refractivity contribution in [1.29, 1.82) is 0 Å². The number of likely N-dealkylation sites (N-methyl/N-ethyl adjacent to an activating group) is 1. The Balaban J connectivity index is 1.89. The van der Waals surface area contributed by atoms with Gasteiger partial charge in [-0.15, -0.1) is 0 Å². The lowest BCUT2D eigenvalue weighted by atomic mass is 9.91. The Morgan fingerprint density at radius 1 is 1.17 bits per heavy atom. The lowest BCUT2D eigenvalue weighted by Crippen LogP contribution is -2.46. The van der Waals surface area contributed by atoms with E-state index in [1.807, 2.05) is 20.8 Å². The van der Waals surface area contributed by atoms with Crippen molar-refractivity contribution in [3.05, 3.63) is 41.5 Å². The summed E-state index contributed by atoms with van der Waals surface area (Å²) in [4.78, 5) is 11.3. The van der Waals surface area contributed by atoms with E-state index >= 15 is 0 Å². The van der Waals surface area contributed by atoms with Crippen LogP contribution in [0.3, 0.4) is 0 Å². The van der Waals surface area contributed by atoms with Crippen LogP contribution in [-0.2, 0) is 6.54 Å². The molecule has 0 saturated carbocycles. The van der Waals surface area contributed by atoms with Gasteiger partial charge in [0, 0.05) is 18.6 Å². The van der Waals surface area contributed by atoms with Crippen molar-refractivity contribution in [2.24, 2.45) is 0 Å². The Labute approximate surface area is 179 Å². The van der Waals surface area contributed by atoms with Crippen LogP contribution in [0.1, 0.15) is 50.8 Å². The second kappa shape index (κ2) is 10.6. The van der Waals surface area contributed by atoms with Crippen LogP contribution in [0.15, 0.2) is 30.3 Å². The van der Waals surface area contributed by atoms with Crippen molar-refractivity contribution in [2.45, 2.75) is 58.3 Å². The Kier molecular flexibility index (Phi) is 7.87. The molecular weight excluding hydrogens is 380 g/mol. The van der Waals surface area contributed by atoms with Crippen LogP contribution in [0.2, 0.25) is 0 Å². The van der Waals surface area contributed by atoms with Crippen molar-refractivity contribution in [3.8, 4) is 17.8 Å². The van der Waals surface area contributed by atoms with Gasteiger partial charge < -0.3 is 19.5 Å². The molecule has 0 radical (unpaired) electrons. The largest absolute Gasteiger partial charge is 0.481 e. The van der Waals surface area contributed by atoms with Gasteiger partial charge in [0.05, 0.1) is 25.4 Å². The maximum atomic E-state index is 6.02. The van der Waals surface area contributed by atoms with Gasteiger partial charge in [-0.05, 0) is 52.8 Å². The van der Waals surface area contributed by atoms with Crippen molar-refractivity contribution in [3.63, 3.8) is 0 Å². The molecular formula is C23H34N4O3. The first-order valence-electron chi connectivity index (χ1n) is 10.8. The van der Waals surface area contributed by atoms with Crippen LogP contribution in [0.25, 0.3) is 0 Å². The SMILES string of the molecule is CCOc1nc(OC)c(CN(C)[C@H]2CCCN[C@H]2c2ccccc2)c(OC(C)C)n1. The van der Waals surface area contributed by atoms with E-state index < -0.39 is 0 Å². The molecule has 7 nitrogen and oxygen atoms in total. The monoisotopic (exact) mass is 414 g/mol. The molecule has 2 atom stereocenters. The number of nitrogens with zero attached hydrogens (tertiary/aromatic N) is 3. The second-order valence-electron chi connectivity index (χ2n) is 7.87. The van der Waals surface area contributed by atoms with Gasteiger partial charge in [0.1, 0.15) is 0 Å². The third-order valence-electron chi connectivity index (χ3n) is 5.28. The van der Waals surface area contributed by atoms with E-state index in [1.165, 1.54) is 5.56 Å². The predicted molar refractivity (Wildman–Crippen MR) is 117 cm³/mol. The Morgan fingerprint density at radius 3 is 2.57 bits per heavy atom. The van der Waals surface area contributed by atoms with Crippen LogP contribution >= 0.6 is 0 Å². The number of benzene rings is 1. The van der Waals surface area contributed by atoms with E-state index in [-0.39, 0.29) is 18.2 Å². The molecule has 1 aromatic carbocycles. The zero-order chi connectivity index (χ0) is 21.5. The predicted octanol–water partition coefficient (Wildman–Crippen LogP) is 3.60. The molecule has 3 rings (SSSR count). The van der Waals surface area contributed by atoms with Crippen molar-refractivity contribution >= 4 is 0 Å². The molecule has 0 amide bonds. The molecule has 1 aromatic heterocycles. The highest BCUT2D eigenvalue weighted by atomic mass is 16.5. The minimum atomic E-state index is -0.0171. The molecule has 1 fully saturated rings. The molecule has 0 bridgehead atoms. The fourth-order valence-corrected chi connectivity index (χ4v) is 3.96. The summed E-state index contributed by atoms with van der Waals surface area (Å²) in [6.07, 6.45) is 2.24. The van der Waals surface area contributed by atoms with Gasteiger partial charge in [-0.2, -0.15) is 9.97 Å². The van der Waals surface area contributed by atoms with Crippen molar-refractivity contribution in [1.82, 2.24) is 20.2 Å². The molecule has 0 unspecified atom stereocenters. The normalized spacial score (nSPS) is 19.2. The maximum absolute atomic E-state index is 6.02. The van der Waals surface area contributed by atoms with E-state index in [0.717, 1.165) is 24.9 Å². The minimum absolute atomic E-state index is 0.0171. The fraction of sp³-hybridized carbons (Fsp3) is 0.565. The second-order valence-corrected chi connectivity index (χ2v) is 7.87. The number of ether oxygens (including phenoxy) is 3. The molecule has 1 aliphatic rings. The topological polar surface area (TPSA) is 68.7 Å². The van der Waals surface area contributed by atoms with Gasteiger partial charge in [-0.3, -0.25) is 4.90 Å². The lowest BCUT2D eigenvalue weighted by Gasteiger charge is -2.39. The highest BCUT2D eigenvalue weighted by molar-refractivity contribution is 5.37. The zero-order valence-electron chi connectivity index (χ0n) is 18.7. The summed E-state index contributed by atoms with van der Waals surface area (Å²) in [7, 11) is 3.76. The van der Waals surface area contributed by atoms with Gasteiger partial charge in [0.15, 0.2) is 0 Å². The average Bonchev–Trinajstić information content (AvgIpc) is 2.75. The molecule has 1 N–H and O–H groups in total. The quantitative estimate of drug-likeness (QED) is 0.672. The molecule has 30 heavy (non-hydrogen) atoms. The van der Waals surface area contributed by atoms with Crippen LogP contribution < -0.4 is 19.5 Å². The van der Waals surface area contributed by atoms with Crippen LogP contribution in [0.4, 0.5) is 0 Å². The molecule has 2 heterocycles. The van der Waals surface area contributed by atoms with E-state index in [0.29, 0.717) is 31.0 Å². The standard InChI is InChI=1S/C23H34N4O3/c1-6-29-23-25-21(28-5)18(22(26-23)30-16(2)3)15-27(4)19-13-10-14-24-20(19)17-11-8-7-9-12-17/h7-9,11-12,16,19-20,24H,6,10,13-15H2,1-5H3/t19-,20-/m0/s1. The third kappa shape index (κ3) is 5.40. The number of rotatable bonds is 9. The summed E-state index contributed by atoms with van der Waals surface area (Å²) < 4.78 is 17.1. The fourth-order valence-electron chi connectivity index (χ4n) is 3.96. The van der Waals surface area contributed by atoms with Crippen LogP contribution in [0.5, 0.6) is 17.8 Å². The first-order valence-corrected chi connectivity index (χ1v) is 10.8. The first-order chi connectivity index (χ1) is 14.5. The summed E-state index contributed by atoms with van der Waals surface area (Å²) in [5, 5.41) is 3.70. The van der Waals surface area contributed by atoms with Gasteiger partial charge in [0.2, 0.25) is 11.8 Å². The number of nitrogens with one attached hydrogen (secondary N) is 1. The van der Waals surface area contributed by atoms with Crippen molar-refractivity contribution < 1.29 is 14.2 Å². The van der Waals surface area contributed by atoms with Gasteiger partial charge in [-0.25, -0.2) is 0 Å². The number of hydrogen-bond donors (Lipinski definition) is 1. The highest BCUT2D eigenvalue weighted by Gasteiger charge is 2.31. The number of hydrogen-bond acceptors (Lipinski definition) is 7. The number of methoxy groups -OCH3 is 1. The smallest absolute Gasteiger partial charge is 0.323 e. The summed E-state index contributed by atoms with van der Waals surface area (Å²) in [5.74, 6) is 1.02. The zero-order valence-corrected chi connectivity index (χ0v) is 18.7. The summed E-state index contributed by atoms with van der Waals surface area (Å²) in [6, 6.07) is 11.5. The Bertz CT molecular complexity index is 801. The van der Waals surface area contributed by atoms with E-state index in [4.69, 9.17) is 14.2 Å². The van der Waals surface area contributed by atoms with Gasteiger partial charge in [0.25, 0.3) is 0 Å². The van der Waals surface area contributed by atoms with E-state index in [9.17, 15) is 0 Å². The van der Waals surface area contributed by atoms with Gasteiger partial charge >= 0.3 is 6.01 Å². The highest BCUT2D eigenvalue weighted by Crippen LogP contribution is 2.33. The van der Waals surface area contributed by atoms with Crippen LogP contribution in [0, 0.1) is 0 Å². The molecule has 1 saturated heterocycles. The first kappa shape index (κ1) is 22.3. The van der Waals surface area contributed by atoms with E-state index in [1.54, 1.807) is 7.11 Å². The molecule has 164 valence electrons. The van der Waals surface area contributed by atoms with Crippen molar-refractivity contribution in [2.75, 3.05) is 27.3 Å². The Hall–Kier alpha value is -2.38. The van der Waals surface area contributed by atoms with E-state index in [2.05, 4.69) is 57.6 Å². The lowest BCUT2D eigenvalue weighted by molar-refractivity contribution is 0.143. The van der Waals surface area contributed by atoms with Gasteiger partial charge in [-0.1, -0.05) is 30.3 Å². The molecule has 7 heteroatoms. The minimum Gasteiger partial charge on any atom is -0.481 e. The molecule has 2 aromatic rings. The molecule has 1 aliphatic heterocycles. The third-order valence-corrected chi connectivity index (χ3v) is 5.28. The maximum Gasteiger partial charge on any atom is 0.323 e. The summed E-state index contributed by atoms with van der Waals surface area (Å²) in [5.41, 5.74) is 2.15. The Morgan fingerprint density at radius 2 is 1.90 bits per heavy atom. The summed E-state index contributed by atoms with van der Waals surface area (Å²) >= 11 is 0. The average molecular weight is 415 g/mol.